The zero-order valence-corrected chi connectivity index (χ0v) is 35.0. The fraction of sp³-hybridized carbons (Fsp3) is 0. The van der Waals surface area contributed by atoms with Gasteiger partial charge in [-0.3, -0.25) is 0 Å². The second kappa shape index (κ2) is 14.6. The molecule has 0 unspecified atom stereocenters. The molecule has 11 aromatic carbocycles. The Balaban J connectivity index is 0.990. The Hall–Kier alpha value is -8.46. The Morgan fingerprint density at radius 1 is 0.281 bits per heavy atom. The Labute approximate surface area is 372 Å². The molecular weight excluding hydrogens is 773 g/mol. The first-order chi connectivity index (χ1) is 31.7. The van der Waals surface area contributed by atoms with E-state index in [0.29, 0.717) is 0 Å². The molecule has 0 saturated carbocycles. The van der Waals surface area contributed by atoms with Gasteiger partial charge in [0.2, 0.25) is 0 Å². The van der Waals surface area contributed by atoms with Crippen LogP contribution in [0, 0.1) is 0 Å². The molecule has 0 amide bonds. The number of nitrogens with zero attached hydrogens (tertiary/aromatic N) is 2. The van der Waals surface area contributed by atoms with E-state index in [9.17, 15) is 0 Å². The number of fused-ring (bicyclic) bond motifs is 8. The Morgan fingerprint density at radius 2 is 0.859 bits per heavy atom. The smallest absolute Gasteiger partial charge is 0.0619 e. The van der Waals surface area contributed by atoms with Gasteiger partial charge in [-0.2, -0.15) is 0 Å². The molecule has 12 aromatic rings. The average Bonchev–Trinajstić information content (AvgIpc) is 3.89. The molecule has 2 nitrogen and oxygen atoms in total. The van der Waals surface area contributed by atoms with Crippen molar-refractivity contribution in [3.63, 3.8) is 0 Å². The van der Waals surface area contributed by atoms with Gasteiger partial charge in [0.15, 0.2) is 0 Å². The standard InChI is InChI=1S/C62H40N2/c1-3-14-41(15-4-1)42-26-31-47(32-27-42)63(50-38-46-19-13-24-56-53-21-9-10-22-54(53)59(40-50)61(46)56)48-33-28-45(29-34-48)58-39-49(35-37-51(58)43-16-5-2-6-17-43)64-60-25-12-11-23-55(60)57-36-30-44-18-7-8-20-52(44)62(57)64/h1-40H. The number of anilines is 3. The van der Waals surface area contributed by atoms with Crippen LogP contribution in [0.4, 0.5) is 17.1 Å². The fourth-order valence-corrected chi connectivity index (χ4v) is 10.4. The maximum atomic E-state index is 2.47. The molecule has 298 valence electrons. The number of rotatable bonds is 7. The highest BCUT2D eigenvalue weighted by Crippen LogP contribution is 2.50. The van der Waals surface area contributed by atoms with Crippen molar-refractivity contribution in [1.29, 1.82) is 0 Å². The van der Waals surface area contributed by atoms with Crippen LogP contribution < -0.4 is 4.90 Å². The highest BCUT2D eigenvalue weighted by molar-refractivity contribution is 6.19. The van der Waals surface area contributed by atoms with Crippen LogP contribution in [-0.4, -0.2) is 4.57 Å². The third-order valence-electron chi connectivity index (χ3n) is 13.3. The SMILES string of the molecule is c1ccc(-c2ccc(N(c3ccc(-c4cc(-n5c6ccccc6c6ccc7ccccc7c65)ccc4-c4ccccc4)cc3)c3cc4c5c(cccc5c3)-c3ccccc3-4)cc2)cc1. The van der Waals surface area contributed by atoms with Crippen LogP contribution in [0.5, 0.6) is 0 Å². The van der Waals surface area contributed by atoms with Crippen LogP contribution in [0.25, 0.3) is 105 Å². The molecule has 13 rings (SSSR count). The van der Waals surface area contributed by atoms with Crippen molar-refractivity contribution in [3.8, 4) is 61.3 Å². The largest absolute Gasteiger partial charge is 0.310 e. The van der Waals surface area contributed by atoms with Crippen LogP contribution in [-0.2, 0) is 0 Å². The van der Waals surface area contributed by atoms with Crippen molar-refractivity contribution in [3.05, 3.63) is 243 Å². The van der Waals surface area contributed by atoms with Crippen LogP contribution >= 0.6 is 0 Å². The Bertz CT molecular complexity index is 3750. The van der Waals surface area contributed by atoms with Crippen LogP contribution in [0.3, 0.4) is 0 Å². The van der Waals surface area contributed by atoms with E-state index in [1.165, 1.54) is 93.4 Å². The first-order valence-electron chi connectivity index (χ1n) is 22.1. The minimum Gasteiger partial charge on any atom is -0.310 e. The van der Waals surface area contributed by atoms with Gasteiger partial charge in [0.1, 0.15) is 0 Å². The summed E-state index contributed by atoms with van der Waals surface area (Å²) in [6, 6.07) is 89.0. The minimum atomic E-state index is 1.09. The molecule has 0 spiro atoms. The molecule has 0 saturated heterocycles. The molecular formula is C62H40N2. The second-order valence-electron chi connectivity index (χ2n) is 16.9. The lowest BCUT2D eigenvalue weighted by Crippen LogP contribution is -2.10. The lowest BCUT2D eigenvalue weighted by Gasteiger charge is -2.27. The molecule has 2 heteroatoms. The molecule has 0 aliphatic heterocycles. The van der Waals surface area contributed by atoms with Gasteiger partial charge in [0, 0.05) is 38.9 Å². The molecule has 1 aliphatic carbocycles. The average molecular weight is 813 g/mol. The van der Waals surface area contributed by atoms with E-state index in [0.717, 1.165) is 28.3 Å². The van der Waals surface area contributed by atoms with Gasteiger partial charge >= 0.3 is 0 Å². The predicted octanol–water partition coefficient (Wildman–Crippen LogP) is 17.2. The molecule has 1 aromatic heterocycles. The van der Waals surface area contributed by atoms with Gasteiger partial charge in [-0.05, 0) is 126 Å². The van der Waals surface area contributed by atoms with Crippen molar-refractivity contribution in [1.82, 2.24) is 4.57 Å². The van der Waals surface area contributed by atoms with Crippen molar-refractivity contribution < 1.29 is 0 Å². The maximum Gasteiger partial charge on any atom is 0.0619 e. The van der Waals surface area contributed by atoms with Crippen LogP contribution in [0.1, 0.15) is 0 Å². The zero-order chi connectivity index (χ0) is 42.1. The summed E-state index contributed by atoms with van der Waals surface area (Å²) >= 11 is 0. The second-order valence-corrected chi connectivity index (χ2v) is 16.9. The van der Waals surface area contributed by atoms with E-state index in [4.69, 9.17) is 0 Å². The molecule has 0 fully saturated rings. The highest BCUT2D eigenvalue weighted by atomic mass is 15.1. The summed E-state index contributed by atoms with van der Waals surface area (Å²) in [6.45, 7) is 0. The van der Waals surface area contributed by atoms with Crippen molar-refractivity contribution >= 4 is 60.4 Å². The summed E-state index contributed by atoms with van der Waals surface area (Å²) in [5.74, 6) is 0. The number of hydrogen-bond acceptors (Lipinski definition) is 1. The van der Waals surface area contributed by atoms with E-state index in [-0.39, 0.29) is 0 Å². The molecule has 64 heavy (non-hydrogen) atoms. The quantitative estimate of drug-likeness (QED) is 0.156. The molecule has 0 bridgehead atoms. The summed E-state index contributed by atoms with van der Waals surface area (Å²) in [6.07, 6.45) is 0. The van der Waals surface area contributed by atoms with Gasteiger partial charge in [-0.25, -0.2) is 0 Å². The van der Waals surface area contributed by atoms with Gasteiger partial charge < -0.3 is 9.47 Å². The third-order valence-corrected chi connectivity index (χ3v) is 13.3. The van der Waals surface area contributed by atoms with Gasteiger partial charge in [-0.15, -0.1) is 0 Å². The fourth-order valence-electron chi connectivity index (χ4n) is 10.4. The van der Waals surface area contributed by atoms with E-state index in [1.807, 2.05) is 0 Å². The van der Waals surface area contributed by atoms with Crippen LogP contribution in [0.15, 0.2) is 243 Å². The molecule has 0 radical (unpaired) electrons. The Morgan fingerprint density at radius 3 is 1.62 bits per heavy atom. The van der Waals surface area contributed by atoms with Gasteiger partial charge in [0.25, 0.3) is 0 Å². The van der Waals surface area contributed by atoms with E-state index in [1.54, 1.807) is 0 Å². The predicted molar refractivity (Wildman–Crippen MR) is 271 cm³/mol. The number of aromatic nitrogens is 1. The number of hydrogen-bond donors (Lipinski definition) is 0. The lowest BCUT2D eigenvalue weighted by molar-refractivity contribution is 1.19. The van der Waals surface area contributed by atoms with Crippen molar-refractivity contribution in [2.45, 2.75) is 0 Å². The normalized spacial score (nSPS) is 11.8. The summed E-state index contributed by atoms with van der Waals surface area (Å²) in [7, 11) is 0. The highest BCUT2D eigenvalue weighted by Gasteiger charge is 2.24. The molecule has 0 atom stereocenters. The van der Waals surface area contributed by atoms with E-state index < -0.39 is 0 Å². The number of benzene rings is 11. The molecule has 1 aliphatic rings. The zero-order valence-electron chi connectivity index (χ0n) is 35.0. The summed E-state index contributed by atoms with van der Waals surface area (Å²) in [5.41, 5.74) is 19.2. The monoisotopic (exact) mass is 812 g/mol. The topological polar surface area (TPSA) is 8.17 Å². The number of para-hydroxylation sites is 1. The van der Waals surface area contributed by atoms with Crippen molar-refractivity contribution in [2.75, 3.05) is 4.90 Å². The summed E-state index contributed by atoms with van der Waals surface area (Å²) in [5, 5.41) is 7.57. The molecule has 1 heterocycles. The third kappa shape index (κ3) is 5.73. The Kier molecular flexibility index (Phi) is 8.25. The van der Waals surface area contributed by atoms with Crippen LogP contribution in [0.2, 0.25) is 0 Å². The minimum absolute atomic E-state index is 1.09. The van der Waals surface area contributed by atoms with Gasteiger partial charge in [0.05, 0.1) is 11.0 Å². The summed E-state index contributed by atoms with van der Waals surface area (Å²) in [4.78, 5) is 2.42. The van der Waals surface area contributed by atoms with E-state index >= 15 is 0 Å². The first kappa shape index (κ1) is 36.2. The lowest BCUT2D eigenvalue weighted by atomic mass is 9.93. The maximum absolute atomic E-state index is 2.47. The summed E-state index contributed by atoms with van der Waals surface area (Å²) < 4.78 is 2.47. The first-order valence-corrected chi connectivity index (χ1v) is 22.1. The molecule has 0 N–H and O–H groups in total. The van der Waals surface area contributed by atoms with E-state index in [2.05, 4.69) is 252 Å². The van der Waals surface area contributed by atoms with Gasteiger partial charge in [-0.1, -0.05) is 188 Å². The van der Waals surface area contributed by atoms with Crippen molar-refractivity contribution in [2.24, 2.45) is 0 Å².